The first-order valence-electron chi connectivity index (χ1n) is 9.09. The van der Waals surface area contributed by atoms with Crippen molar-refractivity contribution in [3.63, 3.8) is 0 Å². The highest BCUT2D eigenvalue weighted by molar-refractivity contribution is 5.75. The number of carbonyl (C=O) groups is 1. The number of nitrogens with one attached hydrogen (secondary N) is 2. The molecule has 0 aliphatic carbocycles. The van der Waals surface area contributed by atoms with Crippen LogP contribution in [-0.4, -0.2) is 61.6 Å². The standard InChI is InChI=1S/C17H27N5O3/c23-16(19-4-1-2-14-3-9-25-13-14)12-22-17(24)10-15(11-20-22)21-7-5-18-6-8-21/h10-11,14,18H,1-9,12-13H2,(H,19,23)/t14-/m0/s1. The Kier molecular flexibility index (Phi) is 6.41. The molecule has 138 valence electrons. The van der Waals surface area contributed by atoms with Crippen LogP contribution in [0.15, 0.2) is 17.1 Å². The summed E-state index contributed by atoms with van der Waals surface area (Å²) in [4.78, 5) is 26.3. The fourth-order valence-electron chi connectivity index (χ4n) is 3.26. The van der Waals surface area contributed by atoms with Crippen LogP contribution in [-0.2, 0) is 16.1 Å². The molecule has 3 rings (SSSR count). The second kappa shape index (κ2) is 8.96. The molecule has 0 unspecified atom stereocenters. The summed E-state index contributed by atoms with van der Waals surface area (Å²) in [5.74, 6) is 0.450. The van der Waals surface area contributed by atoms with E-state index in [-0.39, 0.29) is 18.0 Å². The lowest BCUT2D eigenvalue weighted by Gasteiger charge is -2.28. The molecular weight excluding hydrogens is 322 g/mol. The molecule has 1 amide bonds. The molecule has 1 atom stereocenters. The van der Waals surface area contributed by atoms with Gasteiger partial charge in [-0.2, -0.15) is 5.10 Å². The minimum Gasteiger partial charge on any atom is -0.381 e. The molecule has 8 nitrogen and oxygen atoms in total. The first kappa shape index (κ1) is 17.9. The van der Waals surface area contributed by atoms with Crippen molar-refractivity contribution in [2.75, 3.05) is 50.8 Å². The number of nitrogens with zero attached hydrogens (tertiary/aromatic N) is 3. The van der Waals surface area contributed by atoms with Gasteiger partial charge in [-0.25, -0.2) is 4.68 Å². The third-order valence-corrected chi connectivity index (χ3v) is 4.77. The normalized spacial score (nSPS) is 20.6. The van der Waals surface area contributed by atoms with E-state index in [4.69, 9.17) is 4.74 Å². The van der Waals surface area contributed by atoms with Crippen LogP contribution in [0.25, 0.3) is 0 Å². The van der Waals surface area contributed by atoms with E-state index in [2.05, 4.69) is 20.6 Å². The number of ether oxygens (including phenoxy) is 1. The monoisotopic (exact) mass is 349 g/mol. The Hall–Kier alpha value is -1.93. The predicted octanol–water partition coefficient (Wildman–Crippen LogP) is -0.414. The zero-order chi connectivity index (χ0) is 17.5. The molecule has 0 spiro atoms. The molecule has 0 aromatic carbocycles. The molecular formula is C17H27N5O3. The summed E-state index contributed by atoms with van der Waals surface area (Å²) in [6.07, 6.45) is 4.79. The molecule has 2 saturated heterocycles. The summed E-state index contributed by atoms with van der Waals surface area (Å²) >= 11 is 0. The molecule has 2 aliphatic heterocycles. The van der Waals surface area contributed by atoms with Crippen molar-refractivity contribution in [2.24, 2.45) is 5.92 Å². The number of anilines is 1. The minimum absolute atomic E-state index is 0.0345. The molecule has 1 aromatic rings. The van der Waals surface area contributed by atoms with E-state index in [9.17, 15) is 9.59 Å². The summed E-state index contributed by atoms with van der Waals surface area (Å²) in [5.41, 5.74) is 0.580. The SMILES string of the molecule is O=C(Cn1ncc(N2CCNCC2)cc1=O)NCCC[C@H]1CCOC1. The molecule has 3 heterocycles. The van der Waals surface area contributed by atoms with Gasteiger partial charge in [0.2, 0.25) is 5.91 Å². The quantitative estimate of drug-likeness (QED) is 0.651. The topological polar surface area (TPSA) is 88.5 Å². The Morgan fingerprint density at radius 2 is 2.24 bits per heavy atom. The first-order chi connectivity index (χ1) is 12.2. The van der Waals surface area contributed by atoms with Gasteiger partial charge in [-0.15, -0.1) is 0 Å². The molecule has 2 N–H and O–H groups in total. The summed E-state index contributed by atoms with van der Waals surface area (Å²) in [5, 5.41) is 10.3. The van der Waals surface area contributed by atoms with E-state index in [1.54, 1.807) is 12.3 Å². The van der Waals surface area contributed by atoms with Gasteiger partial charge in [-0.1, -0.05) is 0 Å². The lowest BCUT2D eigenvalue weighted by Crippen LogP contribution is -2.44. The fraction of sp³-hybridized carbons (Fsp3) is 0.706. The van der Waals surface area contributed by atoms with E-state index in [1.807, 2.05) is 0 Å². The minimum atomic E-state index is -0.241. The maximum absolute atomic E-state index is 12.2. The zero-order valence-corrected chi connectivity index (χ0v) is 14.6. The van der Waals surface area contributed by atoms with Gasteiger partial charge in [0.25, 0.3) is 5.56 Å². The molecule has 0 radical (unpaired) electrons. The second-order valence-electron chi connectivity index (χ2n) is 6.67. The van der Waals surface area contributed by atoms with E-state index in [0.29, 0.717) is 12.5 Å². The Morgan fingerprint density at radius 3 is 2.96 bits per heavy atom. The molecule has 0 saturated carbocycles. The Bertz CT molecular complexity index is 621. The maximum Gasteiger partial charge on any atom is 0.269 e. The van der Waals surface area contributed by atoms with Gasteiger partial charge in [0.05, 0.1) is 11.9 Å². The summed E-state index contributed by atoms with van der Waals surface area (Å²) in [6.45, 7) is 5.81. The van der Waals surface area contributed by atoms with Crippen LogP contribution in [0.2, 0.25) is 0 Å². The number of rotatable bonds is 7. The van der Waals surface area contributed by atoms with Crippen molar-refractivity contribution >= 4 is 11.6 Å². The van der Waals surface area contributed by atoms with Crippen molar-refractivity contribution in [2.45, 2.75) is 25.8 Å². The number of aromatic nitrogens is 2. The largest absolute Gasteiger partial charge is 0.381 e. The average molecular weight is 349 g/mol. The van der Waals surface area contributed by atoms with Gasteiger partial charge in [-0.3, -0.25) is 9.59 Å². The van der Waals surface area contributed by atoms with Gasteiger partial charge in [0.1, 0.15) is 6.54 Å². The summed E-state index contributed by atoms with van der Waals surface area (Å²) in [6, 6.07) is 1.56. The first-order valence-corrected chi connectivity index (χ1v) is 9.09. The van der Waals surface area contributed by atoms with Gasteiger partial charge < -0.3 is 20.3 Å². The van der Waals surface area contributed by atoms with Crippen LogP contribution in [0.1, 0.15) is 19.3 Å². The van der Waals surface area contributed by atoms with E-state index in [0.717, 1.165) is 64.3 Å². The molecule has 2 fully saturated rings. The average Bonchev–Trinajstić information content (AvgIpc) is 3.15. The lowest BCUT2D eigenvalue weighted by molar-refractivity contribution is -0.121. The van der Waals surface area contributed by atoms with Crippen molar-refractivity contribution in [1.29, 1.82) is 0 Å². The van der Waals surface area contributed by atoms with Crippen LogP contribution in [0.5, 0.6) is 0 Å². The Labute approximate surface area is 147 Å². The molecule has 2 aliphatic rings. The molecule has 25 heavy (non-hydrogen) atoms. The molecule has 1 aromatic heterocycles. The van der Waals surface area contributed by atoms with Gasteiger partial charge >= 0.3 is 0 Å². The van der Waals surface area contributed by atoms with Gasteiger partial charge in [-0.05, 0) is 25.2 Å². The van der Waals surface area contributed by atoms with E-state index >= 15 is 0 Å². The van der Waals surface area contributed by atoms with Crippen LogP contribution in [0, 0.1) is 5.92 Å². The zero-order valence-electron chi connectivity index (χ0n) is 14.6. The third kappa shape index (κ3) is 5.27. The number of amides is 1. The highest BCUT2D eigenvalue weighted by atomic mass is 16.5. The third-order valence-electron chi connectivity index (χ3n) is 4.77. The van der Waals surface area contributed by atoms with E-state index < -0.39 is 0 Å². The second-order valence-corrected chi connectivity index (χ2v) is 6.67. The van der Waals surface area contributed by atoms with E-state index in [1.165, 1.54) is 4.68 Å². The van der Waals surface area contributed by atoms with Gasteiger partial charge in [0, 0.05) is 52.0 Å². The summed E-state index contributed by atoms with van der Waals surface area (Å²) in [7, 11) is 0. The fourth-order valence-corrected chi connectivity index (χ4v) is 3.26. The Balaban J connectivity index is 1.43. The number of carbonyl (C=O) groups excluding carboxylic acids is 1. The lowest BCUT2D eigenvalue weighted by atomic mass is 10.0. The number of hydrogen-bond donors (Lipinski definition) is 2. The van der Waals surface area contributed by atoms with Crippen molar-refractivity contribution in [3.05, 3.63) is 22.6 Å². The van der Waals surface area contributed by atoms with Crippen LogP contribution in [0.3, 0.4) is 0 Å². The highest BCUT2D eigenvalue weighted by Crippen LogP contribution is 2.17. The van der Waals surface area contributed by atoms with Crippen molar-refractivity contribution in [3.8, 4) is 0 Å². The summed E-state index contributed by atoms with van der Waals surface area (Å²) < 4.78 is 6.55. The molecule has 8 heteroatoms. The Morgan fingerprint density at radius 1 is 1.40 bits per heavy atom. The van der Waals surface area contributed by atoms with Crippen LogP contribution >= 0.6 is 0 Å². The van der Waals surface area contributed by atoms with Gasteiger partial charge in [0.15, 0.2) is 0 Å². The smallest absolute Gasteiger partial charge is 0.269 e. The van der Waals surface area contributed by atoms with Crippen molar-refractivity contribution < 1.29 is 9.53 Å². The number of hydrogen-bond acceptors (Lipinski definition) is 6. The molecule has 0 bridgehead atoms. The van der Waals surface area contributed by atoms with Crippen LogP contribution < -0.4 is 21.1 Å². The maximum atomic E-state index is 12.2. The highest BCUT2D eigenvalue weighted by Gasteiger charge is 2.15. The predicted molar refractivity (Wildman–Crippen MR) is 94.7 cm³/mol. The van der Waals surface area contributed by atoms with Crippen LogP contribution in [0.4, 0.5) is 5.69 Å². The van der Waals surface area contributed by atoms with Crippen molar-refractivity contribution in [1.82, 2.24) is 20.4 Å². The number of piperazine rings is 1.